The summed E-state index contributed by atoms with van der Waals surface area (Å²) in [7, 11) is 0. The summed E-state index contributed by atoms with van der Waals surface area (Å²) in [6.45, 7) is 2.84. The Kier molecular flexibility index (Phi) is 4.28. The monoisotopic (exact) mass is 329 g/mol. The summed E-state index contributed by atoms with van der Waals surface area (Å²) in [6, 6.07) is 7.61. The summed E-state index contributed by atoms with van der Waals surface area (Å²) >= 11 is 0. The van der Waals surface area contributed by atoms with Crippen molar-refractivity contribution < 1.29 is 14.7 Å². The molecule has 1 N–H and O–H groups in total. The summed E-state index contributed by atoms with van der Waals surface area (Å²) in [4.78, 5) is 25.9. The largest absolute Gasteiger partial charge is 0.481 e. The number of hydrogen-bond acceptors (Lipinski definition) is 5. The Labute approximate surface area is 139 Å². The molecule has 0 aliphatic carbocycles. The molecule has 3 rings (SSSR count). The molecular weight excluding hydrogens is 310 g/mol. The molecule has 0 spiro atoms. The van der Waals surface area contributed by atoms with E-state index in [1.807, 2.05) is 31.2 Å². The van der Waals surface area contributed by atoms with Gasteiger partial charge in [-0.3, -0.25) is 9.59 Å². The standard InChI is InChI=1S/C16H19N5O3/c1-12-2-4-13(5-3-12)16(15(23)24)6-8-20(9-7-16)14(22)10-21-11-17-18-19-21/h2-5,11H,6-10H2,1H3,(H,23,24). The number of amides is 1. The van der Waals surface area contributed by atoms with Gasteiger partial charge in [0.05, 0.1) is 5.41 Å². The van der Waals surface area contributed by atoms with E-state index in [0.29, 0.717) is 25.9 Å². The van der Waals surface area contributed by atoms with Gasteiger partial charge in [-0.15, -0.1) is 5.10 Å². The lowest BCUT2D eigenvalue weighted by Gasteiger charge is -2.39. The van der Waals surface area contributed by atoms with E-state index in [-0.39, 0.29) is 12.5 Å². The van der Waals surface area contributed by atoms with Crippen LogP contribution >= 0.6 is 0 Å². The summed E-state index contributed by atoms with van der Waals surface area (Å²) in [5, 5.41) is 20.5. The highest BCUT2D eigenvalue weighted by molar-refractivity contribution is 5.82. The number of carboxylic acid groups (broad SMARTS) is 1. The lowest BCUT2D eigenvalue weighted by Crippen LogP contribution is -2.49. The van der Waals surface area contributed by atoms with Gasteiger partial charge in [0.1, 0.15) is 12.9 Å². The van der Waals surface area contributed by atoms with E-state index < -0.39 is 11.4 Å². The number of piperidine rings is 1. The Morgan fingerprint density at radius 1 is 1.21 bits per heavy atom. The van der Waals surface area contributed by atoms with Crippen LogP contribution < -0.4 is 0 Å². The maximum atomic E-state index is 12.3. The number of rotatable bonds is 4. The number of aryl methyl sites for hydroxylation is 1. The van der Waals surface area contributed by atoms with E-state index in [2.05, 4.69) is 15.5 Å². The highest BCUT2D eigenvalue weighted by Crippen LogP contribution is 2.36. The molecule has 1 aliphatic heterocycles. The van der Waals surface area contributed by atoms with Crippen molar-refractivity contribution in [3.63, 3.8) is 0 Å². The minimum atomic E-state index is -0.931. The SMILES string of the molecule is Cc1ccc(C2(C(=O)O)CCN(C(=O)Cn3cnnn3)CC2)cc1. The van der Waals surface area contributed by atoms with Crippen molar-refractivity contribution in [1.29, 1.82) is 0 Å². The van der Waals surface area contributed by atoms with Crippen molar-refractivity contribution in [3.05, 3.63) is 41.7 Å². The Morgan fingerprint density at radius 2 is 1.88 bits per heavy atom. The molecule has 1 aromatic carbocycles. The number of carbonyl (C=O) groups is 2. The first-order valence-electron chi connectivity index (χ1n) is 7.80. The molecule has 8 heteroatoms. The molecule has 8 nitrogen and oxygen atoms in total. The van der Waals surface area contributed by atoms with Gasteiger partial charge >= 0.3 is 5.97 Å². The van der Waals surface area contributed by atoms with Crippen molar-refractivity contribution >= 4 is 11.9 Å². The van der Waals surface area contributed by atoms with Gasteiger partial charge in [-0.2, -0.15) is 0 Å². The Bertz CT molecular complexity index is 719. The average Bonchev–Trinajstić information content (AvgIpc) is 3.08. The highest BCUT2D eigenvalue weighted by atomic mass is 16.4. The zero-order valence-electron chi connectivity index (χ0n) is 13.4. The van der Waals surface area contributed by atoms with Gasteiger partial charge in [0.15, 0.2) is 0 Å². The van der Waals surface area contributed by atoms with Gasteiger partial charge in [-0.25, -0.2) is 4.68 Å². The zero-order valence-corrected chi connectivity index (χ0v) is 13.4. The molecule has 0 atom stereocenters. The first kappa shape index (κ1) is 16.1. The average molecular weight is 329 g/mol. The van der Waals surface area contributed by atoms with Crippen LogP contribution in [0, 0.1) is 6.92 Å². The molecule has 0 saturated carbocycles. The van der Waals surface area contributed by atoms with E-state index in [0.717, 1.165) is 11.1 Å². The maximum Gasteiger partial charge on any atom is 0.314 e. The Morgan fingerprint density at radius 3 is 2.42 bits per heavy atom. The second-order valence-electron chi connectivity index (χ2n) is 6.14. The van der Waals surface area contributed by atoms with Gasteiger partial charge in [0, 0.05) is 13.1 Å². The molecule has 0 unspecified atom stereocenters. The zero-order chi connectivity index (χ0) is 17.2. The molecule has 0 bridgehead atoms. The summed E-state index contributed by atoms with van der Waals surface area (Å²) in [6.07, 6.45) is 2.18. The van der Waals surface area contributed by atoms with Crippen LogP contribution in [0.15, 0.2) is 30.6 Å². The molecule has 1 fully saturated rings. The summed E-state index contributed by atoms with van der Waals surface area (Å²) in [5.74, 6) is -0.941. The van der Waals surface area contributed by atoms with Crippen LogP contribution in [0.4, 0.5) is 0 Å². The summed E-state index contributed by atoms with van der Waals surface area (Å²) in [5.41, 5.74) is 0.959. The van der Waals surface area contributed by atoms with Crippen LogP contribution in [0.25, 0.3) is 0 Å². The number of likely N-dealkylation sites (tertiary alicyclic amines) is 1. The van der Waals surface area contributed by atoms with Crippen molar-refractivity contribution in [3.8, 4) is 0 Å². The Balaban J connectivity index is 1.72. The number of carboxylic acids is 1. The molecular formula is C16H19N5O3. The second kappa shape index (κ2) is 6.38. The predicted molar refractivity (Wildman–Crippen MR) is 84.1 cm³/mol. The molecule has 126 valence electrons. The fourth-order valence-electron chi connectivity index (χ4n) is 3.13. The van der Waals surface area contributed by atoms with Gasteiger partial charge in [-0.05, 0) is 35.8 Å². The minimum absolute atomic E-state index is 0.0671. The van der Waals surface area contributed by atoms with E-state index >= 15 is 0 Å². The van der Waals surface area contributed by atoms with Crippen LogP contribution in [-0.4, -0.2) is 55.2 Å². The summed E-state index contributed by atoms with van der Waals surface area (Å²) < 4.78 is 1.36. The van der Waals surface area contributed by atoms with Gasteiger partial charge < -0.3 is 10.0 Å². The quantitative estimate of drug-likeness (QED) is 0.883. The molecule has 2 heterocycles. The third-order valence-electron chi connectivity index (χ3n) is 4.67. The van der Waals surface area contributed by atoms with Crippen molar-refractivity contribution in [1.82, 2.24) is 25.1 Å². The van der Waals surface area contributed by atoms with E-state index in [4.69, 9.17) is 0 Å². The van der Waals surface area contributed by atoms with Crippen molar-refractivity contribution in [2.24, 2.45) is 0 Å². The molecule has 24 heavy (non-hydrogen) atoms. The fraction of sp³-hybridized carbons (Fsp3) is 0.438. The van der Waals surface area contributed by atoms with Crippen LogP contribution in [0.2, 0.25) is 0 Å². The predicted octanol–water partition coefficient (Wildman–Crippen LogP) is 0.627. The molecule has 1 amide bonds. The van der Waals surface area contributed by atoms with Crippen LogP contribution in [0.5, 0.6) is 0 Å². The number of aromatic nitrogens is 4. The number of tetrazole rings is 1. The highest BCUT2D eigenvalue weighted by Gasteiger charge is 2.43. The van der Waals surface area contributed by atoms with Gasteiger partial charge in [0.25, 0.3) is 0 Å². The van der Waals surface area contributed by atoms with E-state index in [1.54, 1.807) is 4.90 Å². The fourth-order valence-corrected chi connectivity index (χ4v) is 3.13. The first-order valence-corrected chi connectivity index (χ1v) is 7.80. The maximum absolute atomic E-state index is 12.3. The smallest absolute Gasteiger partial charge is 0.314 e. The normalized spacial score (nSPS) is 16.8. The van der Waals surface area contributed by atoms with E-state index in [1.165, 1.54) is 11.0 Å². The van der Waals surface area contributed by atoms with Gasteiger partial charge in [-0.1, -0.05) is 29.8 Å². The number of nitrogens with zero attached hydrogens (tertiary/aromatic N) is 5. The van der Waals surface area contributed by atoms with Crippen LogP contribution in [0.1, 0.15) is 24.0 Å². The van der Waals surface area contributed by atoms with Crippen LogP contribution in [0.3, 0.4) is 0 Å². The van der Waals surface area contributed by atoms with E-state index in [9.17, 15) is 14.7 Å². The molecule has 1 aromatic heterocycles. The lowest BCUT2D eigenvalue weighted by atomic mass is 9.72. The van der Waals surface area contributed by atoms with Gasteiger partial charge in [0.2, 0.25) is 5.91 Å². The van der Waals surface area contributed by atoms with Crippen LogP contribution in [-0.2, 0) is 21.5 Å². The van der Waals surface area contributed by atoms with Crippen molar-refractivity contribution in [2.75, 3.05) is 13.1 Å². The molecule has 1 saturated heterocycles. The number of benzene rings is 1. The third-order valence-corrected chi connectivity index (χ3v) is 4.67. The molecule has 1 aliphatic rings. The number of hydrogen-bond donors (Lipinski definition) is 1. The number of carbonyl (C=O) groups excluding carboxylic acids is 1. The van der Waals surface area contributed by atoms with Crippen molar-refractivity contribution in [2.45, 2.75) is 31.7 Å². The molecule has 0 radical (unpaired) electrons. The molecule has 2 aromatic rings. The topological polar surface area (TPSA) is 101 Å². The lowest BCUT2D eigenvalue weighted by molar-refractivity contribution is -0.148. The number of aliphatic carboxylic acids is 1. The second-order valence-corrected chi connectivity index (χ2v) is 6.14. The first-order chi connectivity index (χ1) is 11.5. The Hall–Kier alpha value is -2.77. The minimum Gasteiger partial charge on any atom is -0.481 e. The third kappa shape index (κ3) is 2.99.